The smallest absolute Gasteiger partial charge is 0.272 e. The maximum atomic E-state index is 13.2. The van der Waals surface area contributed by atoms with Crippen molar-refractivity contribution in [3.8, 4) is 28.7 Å². The van der Waals surface area contributed by atoms with Crippen LogP contribution in [0.1, 0.15) is 118 Å². The topological polar surface area (TPSA) is 160 Å². The van der Waals surface area contributed by atoms with Gasteiger partial charge in [-0.05, 0) is 120 Å². The van der Waals surface area contributed by atoms with E-state index < -0.39 is 0 Å². The second-order valence-electron chi connectivity index (χ2n) is 17.6. The van der Waals surface area contributed by atoms with Crippen LogP contribution in [0.3, 0.4) is 0 Å². The molecule has 4 aliphatic rings. The predicted octanol–water partition coefficient (Wildman–Crippen LogP) is 8.86. The quantitative estimate of drug-likeness (QED) is 0.146. The Morgan fingerprint density at radius 1 is 1.03 bits per heavy atom. The molecule has 1 N–H and O–H groups in total. The summed E-state index contributed by atoms with van der Waals surface area (Å²) in [5.74, 6) is 10.9. The van der Waals surface area contributed by atoms with E-state index in [9.17, 15) is 4.79 Å². The number of hydrogen-bond donors (Lipinski definition) is 1. The summed E-state index contributed by atoms with van der Waals surface area (Å²) in [6.07, 6.45) is 11.3. The molecule has 6 aromatic rings. The molecule has 6 heterocycles. The van der Waals surface area contributed by atoms with Gasteiger partial charge < -0.3 is 19.4 Å². The molecule has 1 amide bonds. The van der Waals surface area contributed by atoms with E-state index in [1.807, 2.05) is 13.0 Å². The van der Waals surface area contributed by atoms with Crippen LogP contribution < -0.4 is 15.0 Å². The Morgan fingerprint density at radius 2 is 1.86 bits per heavy atom. The molecule has 2 aliphatic heterocycles. The lowest BCUT2D eigenvalue weighted by atomic mass is 9.58. The Kier molecular flexibility index (Phi) is 11.3. The molecule has 0 radical (unpaired) electrons. The third-order valence-electron chi connectivity index (χ3n) is 13.3. The average molecular weight is 892 g/mol. The molecule has 1 atom stereocenters. The lowest BCUT2D eigenvalue weighted by Crippen LogP contribution is -2.50. The Labute approximate surface area is 381 Å². The van der Waals surface area contributed by atoms with Crippen molar-refractivity contribution < 1.29 is 13.9 Å². The van der Waals surface area contributed by atoms with Gasteiger partial charge >= 0.3 is 0 Å². The minimum absolute atomic E-state index is 0.0280. The second-order valence-corrected chi connectivity index (χ2v) is 19.2. The molecule has 0 unspecified atom stereocenters. The third kappa shape index (κ3) is 8.28. The monoisotopic (exact) mass is 890 g/mol. The van der Waals surface area contributed by atoms with Crippen LogP contribution in [0, 0.1) is 55.3 Å². The summed E-state index contributed by atoms with van der Waals surface area (Å²) in [4.78, 5) is 26.5. The summed E-state index contributed by atoms with van der Waals surface area (Å²) in [7, 11) is 0. The van der Waals surface area contributed by atoms with Crippen LogP contribution in [0.2, 0.25) is 5.02 Å². The molecule has 2 aliphatic carbocycles. The molecule has 3 fully saturated rings. The predicted molar refractivity (Wildman–Crippen MR) is 244 cm³/mol. The summed E-state index contributed by atoms with van der Waals surface area (Å²) >= 11 is 7.92. The number of aryl methyl sites for hydroxylation is 2. The van der Waals surface area contributed by atoms with Crippen molar-refractivity contribution >= 4 is 40.4 Å². The number of nitriles is 1. The molecule has 1 spiro atoms. The highest BCUT2D eigenvalue weighted by Crippen LogP contribution is 2.51. The number of thiophene rings is 1. The highest BCUT2D eigenvalue weighted by Gasteiger charge is 2.46. The van der Waals surface area contributed by atoms with E-state index in [1.165, 1.54) is 16.9 Å². The van der Waals surface area contributed by atoms with Crippen LogP contribution in [0.15, 0.2) is 76.5 Å². The molecule has 2 aromatic carbocycles. The number of carbonyl (C=O) groups is 1. The second kappa shape index (κ2) is 17.3. The van der Waals surface area contributed by atoms with Crippen LogP contribution in [0.5, 0.6) is 5.75 Å². The minimum Gasteiger partial charge on any atom is -0.490 e. The van der Waals surface area contributed by atoms with Gasteiger partial charge in [-0.15, -0.1) is 31.7 Å². The van der Waals surface area contributed by atoms with E-state index in [1.54, 1.807) is 48.1 Å². The molecular formula is C49H47ClN10O3S. The maximum Gasteiger partial charge on any atom is 0.272 e. The van der Waals surface area contributed by atoms with Crippen molar-refractivity contribution in [3.63, 3.8) is 0 Å². The van der Waals surface area contributed by atoms with Crippen molar-refractivity contribution in [1.82, 2.24) is 35.3 Å². The number of anilines is 1. The number of ether oxygens (including phenoxy) is 1. The van der Waals surface area contributed by atoms with Gasteiger partial charge in [-0.25, -0.2) is 4.98 Å². The molecular weight excluding hydrogens is 844 g/mol. The van der Waals surface area contributed by atoms with E-state index in [2.05, 4.69) is 96.2 Å². The normalized spacial score (nSPS) is 22.5. The molecule has 1 saturated heterocycles. The summed E-state index contributed by atoms with van der Waals surface area (Å²) in [5, 5.41) is 31.7. The van der Waals surface area contributed by atoms with Crippen molar-refractivity contribution in [2.24, 2.45) is 16.3 Å². The third-order valence-corrected chi connectivity index (χ3v) is 14.8. The number of carbonyl (C=O) groups excluding carboxylic acids is 1. The van der Waals surface area contributed by atoms with Gasteiger partial charge in [0.05, 0.1) is 35.0 Å². The van der Waals surface area contributed by atoms with Crippen molar-refractivity contribution in [2.45, 2.75) is 96.7 Å². The molecule has 0 bridgehead atoms. The first-order valence-corrected chi connectivity index (χ1v) is 23.2. The highest BCUT2D eigenvalue weighted by atomic mass is 35.5. The first-order chi connectivity index (χ1) is 31.1. The number of piperidine rings is 1. The first kappa shape index (κ1) is 41.6. The van der Waals surface area contributed by atoms with Gasteiger partial charge in [-0.2, -0.15) is 5.26 Å². The number of nitrogens with zero attached hydrogens (tertiary/aromatic N) is 9. The zero-order valence-electron chi connectivity index (χ0n) is 36.0. The zero-order valence-corrected chi connectivity index (χ0v) is 37.5. The van der Waals surface area contributed by atoms with Crippen LogP contribution in [-0.4, -0.2) is 66.8 Å². The number of fused-ring (bicyclic) bond motifs is 3. The van der Waals surface area contributed by atoms with Gasteiger partial charge in [0.15, 0.2) is 23.2 Å². The number of benzene rings is 2. The van der Waals surface area contributed by atoms with Gasteiger partial charge in [-0.1, -0.05) is 35.6 Å². The Bertz CT molecular complexity index is 2840. The number of halogens is 1. The number of hydrogen-bond acceptors (Lipinski definition) is 12. The zero-order chi connectivity index (χ0) is 44.0. The van der Waals surface area contributed by atoms with E-state index in [0.717, 1.165) is 103 Å². The molecule has 64 heavy (non-hydrogen) atoms. The number of nitrogens with one attached hydrogen (secondary N) is 1. The standard InChI is InChI=1S/C49H47ClN10O3S/c1-29-30(2)64-48-44(29)45(54-41(24-43-52-20-22-62-43)46-58-55-31(3)60(46)48)34-9-7-32(8-10-34)5-6-33-25-49(26-33)19-4-21-59(28-49)42-18-17-40(56-57-42)47(61)53-36-12-15-37(16-13-36)63-38-14-11-35(27-51)39(50)23-38/h7-11,14,17-18,20,22-23,33,36-37,41H,4,12-13,15-16,19,21,24-26,28H2,1-3H3,(H,53,61)/t33?,36?,37?,41-,49?/m0/s1. The molecule has 10 rings (SSSR count). The van der Waals surface area contributed by atoms with Crippen LogP contribution in [0.25, 0.3) is 5.00 Å². The van der Waals surface area contributed by atoms with Gasteiger partial charge in [0, 0.05) is 52.7 Å². The number of aliphatic imine (C=N–C) groups is 1. The number of oxazole rings is 1. The maximum absolute atomic E-state index is 13.2. The molecule has 15 heteroatoms. The van der Waals surface area contributed by atoms with Gasteiger partial charge in [0.2, 0.25) is 0 Å². The summed E-state index contributed by atoms with van der Waals surface area (Å²) in [6, 6.07) is 19.1. The Balaban J connectivity index is 0.743. The van der Waals surface area contributed by atoms with E-state index in [4.69, 9.17) is 31.0 Å². The van der Waals surface area contributed by atoms with Crippen molar-refractivity contribution in [1.29, 1.82) is 5.26 Å². The number of aromatic nitrogens is 6. The minimum atomic E-state index is -0.318. The fraction of sp³-hybridized carbons (Fsp3) is 0.388. The fourth-order valence-corrected chi connectivity index (χ4v) is 11.2. The van der Waals surface area contributed by atoms with E-state index >= 15 is 0 Å². The van der Waals surface area contributed by atoms with Gasteiger partial charge in [0.25, 0.3) is 5.91 Å². The van der Waals surface area contributed by atoms with Crippen molar-refractivity contribution in [3.05, 3.63) is 128 Å². The number of amides is 1. The lowest BCUT2D eigenvalue weighted by molar-refractivity contribution is 0.0684. The molecule has 2 saturated carbocycles. The van der Waals surface area contributed by atoms with Crippen LogP contribution in [0.4, 0.5) is 5.82 Å². The van der Waals surface area contributed by atoms with Crippen LogP contribution >= 0.6 is 22.9 Å². The average Bonchev–Trinajstić information content (AvgIpc) is 4.01. The summed E-state index contributed by atoms with van der Waals surface area (Å²) in [6.45, 7) is 8.14. The molecule has 4 aromatic heterocycles. The SMILES string of the molecule is Cc1sc2c(c1C)C(c1ccc(C#CC3CC4(CCCN(c5ccc(C(=O)NC6CCC(Oc7ccc(C#N)c(Cl)c7)CC6)nn5)C4)C3)cc1)=N[C@@H](Cc1ncco1)c1nnc(C)n1-2. The van der Waals surface area contributed by atoms with E-state index in [-0.39, 0.29) is 29.5 Å². The lowest BCUT2D eigenvalue weighted by Gasteiger charge is -2.51. The van der Waals surface area contributed by atoms with Gasteiger partial charge in [0.1, 0.15) is 34.9 Å². The fourth-order valence-electron chi connectivity index (χ4n) is 9.82. The first-order valence-electron chi connectivity index (χ1n) is 22.0. The Hall–Kier alpha value is -6.35. The highest BCUT2D eigenvalue weighted by molar-refractivity contribution is 7.15. The molecule has 324 valence electrons. The van der Waals surface area contributed by atoms with Crippen molar-refractivity contribution in [2.75, 3.05) is 18.0 Å². The molecule has 13 nitrogen and oxygen atoms in total. The summed E-state index contributed by atoms with van der Waals surface area (Å²) in [5.41, 5.74) is 6.22. The number of rotatable bonds is 8. The van der Waals surface area contributed by atoms with Crippen LogP contribution in [-0.2, 0) is 6.42 Å². The van der Waals surface area contributed by atoms with Gasteiger partial charge in [-0.3, -0.25) is 14.4 Å². The summed E-state index contributed by atoms with van der Waals surface area (Å²) < 4.78 is 13.9. The van der Waals surface area contributed by atoms with E-state index in [0.29, 0.717) is 40.3 Å². The largest absolute Gasteiger partial charge is 0.490 e. The Morgan fingerprint density at radius 3 is 2.59 bits per heavy atom.